The van der Waals surface area contributed by atoms with E-state index in [0.717, 1.165) is 42.9 Å². The van der Waals surface area contributed by atoms with Crippen LogP contribution in [0, 0.1) is 0 Å². The summed E-state index contributed by atoms with van der Waals surface area (Å²) < 4.78 is 5.12. The van der Waals surface area contributed by atoms with Crippen molar-refractivity contribution in [2.75, 3.05) is 30.4 Å². The van der Waals surface area contributed by atoms with Crippen LogP contribution < -0.4 is 20.7 Å². The van der Waals surface area contributed by atoms with Gasteiger partial charge >= 0.3 is 0 Å². The number of anilines is 2. The predicted octanol–water partition coefficient (Wildman–Crippen LogP) is 2.97. The first-order valence-corrected chi connectivity index (χ1v) is 9.18. The lowest BCUT2D eigenvalue weighted by Gasteiger charge is -2.29. The first-order valence-electron chi connectivity index (χ1n) is 9.18. The van der Waals surface area contributed by atoms with Crippen LogP contribution in [0.4, 0.5) is 11.4 Å². The van der Waals surface area contributed by atoms with Crippen molar-refractivity contribution in [2.45, 2.75) is 25.7 Å². The van der Waals surface area contributed by atoms with Crippen LogP contribution in [0.25, 0.3) is 0 Å². The van der Waals surface area contributed by atoms with Crippen molar-refractivity contribution in [3.8, 4) is 5.75 Å². The second-order valence-electron chi connectivity index (χ2n) is 6.71. The number of nitrogens with two attached hydrogens (primary N) is 1. The SMILES string of the molecule is COc1ccc(CC(=O)Nc2ccc(N3CCCCC3)cc2C(N)=O)cc1. The van der Waals surface area contributed by atoms with Crippen molar-refractivity contribution in [3.63, 3.8) is 0 Å². The van der Waals surface area contributed by atoms with Gasteiger partial charge in [0.05, 0.1) is 24.8 Å². The predicted molar refractivity (Wildman–Crippen MR) is 106 cm³/mol. The van der Waals surface area contributed by atoms with Gasteiger partial charge in [-0.15, -0.1) is 0 Å². The number of primary amides is 1. The minimum atomic E-state index is -0.548. The van der Waals surface area contributed by atoms with Crippen molar-refractivity contribution < 1.29 is 14.3 Å². The van der Waals surface area contributed by atoms with Crippen molar-refractivity contribution in [1.29, 1.82) is 0 Å². The van der Waals surface area contributed by atoms with Crippen molar-refractivity contribution in [3.05, 3.63) is 53.6 Å². The Balaban J connectivity index is 1.72. The number of hydrogen-bond donors (Lipinski definition) is 2. The van der Waals surface area contributed by atoms with Crippen molar-refractivity contribution in [2.24, 2.45) is 5.73 Å². The third kappa shape index (κ3) is 4.78. The van der Waals surface area contributed by atoms with E-state index in [4.69, 9.17) is 10.5 Å². The summed E-state index contributed by atoms with van der Waals surface area (Å²) in [5.74, 6) is -0.00882. The van der Waals surface area contributed by atoms with Gasteiger partial charge in [-0.25, -0.2) is 0 Å². The molecule has 0 aliphatic carbocycles. The third-order valence-electron chi connectivity index (χ3n) is 4.79. The highest BCUT2D eigenvalue weighted by Gasteiger charge is 2.16. The molecule has 1 aliphatic heterocycles. The summed E-state index contributed by atoms with van der Waals surface area (Å²) in [6.45, 7) is 1.95. The zero-order valence-corrected chi connectivity index (χ0v) is 15.5. The number of carbonyl (C=O) groups excluding carboxylic acids is 2. The van der Waals surface area contributed by atoms with Gasteiger partial charge in [0, 0.05) is 18.8 Å². The van der Waals surface area contributed by atoms with E-state index in [2.05, 4.69) is 10.2 Å². The Labute approximate surface area is 159 Å². The van der Waals surface area contributed by atoms with Crippen LogP contribution in [0.15, 0.2) is 42.5 Å². The summed E-state index contributed by atoms with van der Waals surface area (Å²) in [5, 5.41) is 2.81. The van der Waals surface area contributed by atoms with Crippen molar-refractivity contribution >= 4 is 23.2 Å². The fourth-order valence-electron chi connectivity index (χ4n) is 3.32. The van der Waals surface area contributed by atoms with Gasteiger partial charge in [-0.2, -0.15) is 0 Å². The molecule has 0 atom stereocenters. The van der Waals surface area contributed by atoms with Crippen LogP contribution in [-0.4, -0.2) is 32.0 Å². The monoisotopic (exact) mass is 367 g/mol. The van der Waals surface area contributed by atoms with E-state index in [9.17, 15) is 9.59 Å². The fourth-order valence-corrected chi connectivity index (χ4v) is 3.32. The molecule has 1 saturated heterocycles. The van der Waals surface area contributed by atoms with Crippen LogP contribution in [0.3, 0.4) is 0 Å². The highest BCUT2D eigenvalue weighted by Crippen LogP contribution is 2.26. The molecule has 6 nitrogen and oxygen atoms in total. The van der Waals surface area contributed by atoms with E-state index in [1.54, 1.807) is 19.2 Å². The molecule has 0 radical (unpaired) electrons. The van der Waals surface area contributed by atoms with Gasteiger partial charge in [0.1, 0.15) is 5.75 Å². The largest absolute Gasteiger partial charge is 0.497 e. The molecule has 6 heteroatoms. The molecule has 0 spiro atoms. The first-order chi connectivity index (χ1) is 13.1. The molecule has 3 N–H and O–H groups in total. The van der Waals surface area contributed by atoms with Crippen LogP contribution in [-0.2, 0) is 11.2 Å². The Morgan fingerprint density at radius 1 is 1.07 bits per heavy atom. The van der Waals surface area contributed by atoms with E-state index < -0.39 is 5.91 Å². The quantitative estimate of drug-likeness (QED) is 0.822. The second-order valence-corrected chi connectivity index (χ2v) is 6.71. The average Bonchev–Trinajstić information content (AvgIpc) is 2.69. The van der Waals surface area contributed by atoms with Gasteiger partial charge in [0.15, 0.2) is 0 Å². The van der Waals surface area contributed by atoms with Crippen molar-refractivity contribution in [1.82, 2.24) is 0 Å². The number of rotatable bonds is 6. The number of ether oxygens (including phenoxy) is 1. The molecule has 0 aromatic heterocycles. The number of amides is 2. The normalized spacial score (nSPS) is 13.9. The fraction of sp³-hybridized carbons (Fsp3) is 0.333. The van der Waals surface area contributed by atoms with E-state index in [-0.39, 0.29) is 12.3 Å². The number of benzene rings is 2. The standard InChI is InChI=1S/C21H25N3O3/c1-27-17-8-5-15(6-9-17)13-20(25)23-19-10-7-16(14-18(19)21(22)26)24-11-3-2-4-12-24/h5-10,14H,2-4,11-13H2,1H3,(H2,22,26)(H,23,25). The Morgan fingerprint density at radius 3 is 2.41 bits per heavy atom. The Morgan fingerprint density at radius 2 is 1.78 bits per heavy atom. The van der Waals surface area contributed by atoms with Crippen LogP contribution >= 0.6 is 0 Å². The Bertz CT molecular complexity index is 812. The summed E-state index contributed by atoms with van der Waals surface area (Å²) in [4.78, 5) is 26.5. The summed E-state index contributed by atoms with van der Waals surface area (Å²) >= 11 is 0. The molecule has 3 rings (SSSR count). The zero-order chi connectivity index (χ0) is 19.2. The Kier molecular flexibility index (Phi) is 5.96. The molecule has 2 aromatic carbocycles. The lowest BCUT2D eigenvalue weighted by atomic mass is 10.1. The molecule has 2 amide bonds. The third-order valence-corrected chi connectivity index (χ3v) is 4.79. The van der Waals surface area contributed by atoms with E-state index in [1.165, 1.54) is 6.42 Å². The van der Waals surface area contributed by atoms with E-state index in [1.807, 2.05) is 30.3 Å². The molecule has 2 aromatic rings. The molecular weight excluding hydrogens is 342 g/mol. The van der Waals surface area contributed by atoms with Gasteiger partial charge in [0.2, 0.25) is 5.91 Å². The maximum absolute atomic E-state index is 12.4. The van der Waals surface area contributed by atoms with Crippen LogP contribution in [0.5, 0.6) is 5.75 Å². The molecule has 0 unspecified atom stereocenters. The average molecular weight is 367 g/mol. The molecule has 1 heterocycles. The summed E-state index contributed by atoms with van der Waals surface area (Å²) in [7, 11) is 1.60. The summed E-state index contributed by atoms with van der Waals surface area (Å²) in [6.07, 6.45) is 3.73. The first kappa shape index (κ1) is 18.8. The lowest BCUT2D eigenvalue weighted by molar-refractivity contribution is -0.115. The topological polar surface area (TPSA) is 84.7 Å². The molecular formula is C21H25N3O3. The van der Waals surface area contributed by atoms with Gasteiger partial charge in [0.25, 0.3) is 5.91 Å². The number of carbonyl (C=O) groups is 2. The lowest BCUT2D eigenvalue weighted by Crippen LogP contribution is -2.30. The van der Waals surface area contributed by atoms with Gasteiger partial charge < -0.3 is 20.7 Å². The molecule has 1 aliphatic rings. The molecule has 1 fully saturated rings. The van der Waals surface area contributed by atoms with Crippen LogP contribution in [0.2, 0.25) is 0 Å². The highest BCUT2D eigenvalue weighted by atomic mass is 16.5. The Hall–Kier alpha value is -3.02. The second kappa shape index (κ2) is 8.58. The maximum atomic E-state index is 12.4. The molecule has 0 bridgehead atoms. The summed E-state index contributed by atoms with van der Waals surface area (Å²) in [5.41, 5.74) is 8.16. The van der Waals surface area contributed by atoms with E-state index >= 15 is 0 Å². The number of hydrogen-bond acceptors (Lipinski definition) is 4. The minimum absolute atomic E-state index is 0.201. The highest BCUT2D eigenvalue weighted by molar-refractivity contribution is 6.04. The summed E-state index contributed by atoms with van der Waals surface area (Å²) in [6, 6.07) is 12.8. The number of piperidine rings is 1. The van der Waals surface area contributed by atoms with Gasteiger partial charge in [-0.1, -0.05) is 12.1 Å². The number of nitrogens with zero attached hydrogens (tertiary/aromatic N) is 1. The number of nitrogens with one attached hydrogen (secondary N) is 1. The van der Waals surface area contributed by atoms with Gasteiger partial charge in [-0.3, -0.25) is 9.59 Å². The van der Waals surface area contributed by atoms with Crippen LogP contribution in [0.1, 0.15) is 35.2 Å². The van der Waals surface area contributed by atoms with Gasteiger partial charge in [-0.05, 0) is 55.2 Å². The molecule has 142 valence electrons. The molecule has 27 heavy (non-hydrogen) atoms. The minimum Gasteiger partial charge on any atom is -0.497 e. The van der Waals surface area contributed by atoms with E-state index in [0.29, 0.717) is 11.3 Å². The zero-order valence-electron chi connectivity index (χ0n) is 15.5. The maximum Gasteiger partial charge on any atom is 0.250 e. The molecule has 0 saturated carbocycles. The smallest absolute Gasteiger partial charge is 0.250 e. The number of methoxy groups -OCH3 is 1.